The molecule has 2 aromatic rings. The number of aromatic nitrogens is 3. The number of hydrogen-bond donors (Lipinski definition) is 1. The Hall–Kier alpha value is -2.13. The van der Waals surface area contributed by atoms with Crippen LogP contribution in [0, 0.1) is 11.3 Å². The maximum absolute atomic E-state index is 8.99. The number of nitrogens with zero attached hydrogens (tertiary/aromatic N) is 4. The highest BCUT2D eigenvalue weighted by atomic mass is 32.2. The van der Waals surface area contributed by atoms with E-state index in [1.165, 1.54) is 18.0 Å². The molecule has 90 valence electrons. The Morgan fingerprint density at radius 1 is 1.39 bits per heavy atom. The third kappa shape index (κ3) is 2.96. The Labute approximate surface area is 109 Å². The molecule has 2 rings (SSSR count). The largest absolute Gasteiger partial charge is 0.365 e. The van der Waals surface area contributed by atoms with Crippen LogP contribution in [0.1, 0.15) is 11.1 Å². The van der Waals surface area contributed by atoms with Gasteiger partial charge in [-0.3, -0.25) is 4.98 Å². The van der Waals surface area contributed by atoms with Crippen LogP contribution in [-0.2, 0) is 6.54 Å². The van der Waals surface area contributed by atoms with E-state index >= 15 is 0 Å². The van der Waals surface area contributed by atoms with Gasteiger partial charge in [0, 0.05) is 18.9 Å². The highest BCUT2D eigenvalue weighted by Crippen LogP contribution is 2.16. The smallest absolute Gasteiger partial charge is 0.189 e. The van der Waals surface area contributed by atoms with Crippen molar-refractivity contribution >= 4 is 17.6 Å². The first-order valence-corrected chi connectivity index (χ1v) is 6.50. The molecule has 2 aromatic heterocycles. The molecular weight excluding hydrogens is 246 g/mol. The summed E-state index contributed by atoms with van der Waals surface area (Å²) in [6.07, 6.45) is 6.90. The summed E-state index contributed by atoms with van der Waals surface area (Å²) in [5.74, 6) is 0.564. The molecule has 0 saturated carbocycles. The molecule has 0 atom stereocenters. The second-order valence-electron chi connectivity index (χ2n) is 3.44. The summed E-state index contributed by atoms with van der Waals surface area (Å²) < 4.78 is 0. The van der Waals surface area contributed by atoms with Gasteiger partial charge in [0.25, 0.3) is 0 Å². The minimum atomic E-state index is 0.446. The maximum atomic E-state index is 8.99. The van der Waals surface area contributed by atoms with Gasteiger partial charge in [-0.1, -0.05) is 11.8 Å². The Kier molecular flexibility index (Phi) is 4.10. The van der Waals surface area contributed by atoms with E-state index in [0.717, 1.165) is 5.56 Å². The van der Waals surface area contributed by atoms with Crippen LogP contribution in [-0.4, -0.2) is 21.2 Å². The molecule has 6 heteroatoms. The van der Waals surface area contributed by atoms with Crippen molar-refractivity contribution in [2.75, 3.05) is 11.6 Å². The summed E-state index contributed by atoms with van der Waals surface area (Å²) >= 11 is 1.44. The van der Waals surface area contributed by atoms with E-state index in [4.69, 9.17) is 5.26 Å². The van der Waals surface area contributed by atoms with Crippen LogP contribution >= 0.6 is 11.8 Å². The first-order valence-electron chi connectivity index (χ1n) is 5.27. The van der Waals surface area contributed by atoms with Crippen molar-refractivity contribution in [3.8, 4) is 6.07 Å². The fourth-order valence-electron chi connectivity index (χ4n) is 1.37. The predicted molar refractivity (Wildman–Crippen MR) is 70.1 cm³/mol. The summed E-state index contributed by atoms with van der Waals surface area (Å²) in [5.41, 5.74) is 1.53. The van der Waals surface area contributed by atoms with Gasteiger partial charge in [0.15, 0.2) is 5.16 Å². The quantitative estimate of drug-likeness (QED) is 0.667. The van der Waals surface area contributed by atoms with Crippen LogP contribution < -0.4 is 5.32 Å². The van der Waals surface area contributed by atoms with Gasteiger partial charge >= 0.3 is 0 Å². The number of nitrogens with one attached hydrogen (secondary N) is 1. The Balaban J connectivity index is 2.15. The van der Waals surface area contributed by atoms with Crippen molar-refractivity contribution in [3.63, 3.8) is 0 Å². The summed E-state index contributed by atoms with van der Waals surface area (Å²) in [7, 11) is 0. The molecule has 0 fully saturated rings. The van der Waals surface area contributed by atoms with Crippen LogP contribution in [0.2, 0.25) is 0 Å². The normalized spacial score (nSPS) is 9.78. The lowest BCUT2D eigenvalue weighted by molar-refractivity contribution is 0.948. The molecule has 2 heterocycles. The molecule has 0 radical (unpaired) electrons. The molecule has 0 spiro atoms. The first-order chi connectivity index (χ1) is 8.83. The molecule has 0 aromatic carbocycles. The number of thioether (sulfide) groups is 1. The van der Waals surface area contributed by atoms with Crippen molar-refractivity contribution in [2.24, 2.45) is 0 Å². The number of rotatable bonds is 4. The SMILES string of the molecule is CSc1ncc(C#N)c(NCc2ccncc2)n1. The lowest BCUT2D eigenvalue weighted by Crippen LogP contribution is -2.05. The van der Waals surface area contributed by atoms with Crippen LogP contribution in [0.4, 0.5) is 5.82 Å². The maximum Gasteiger partial charge on any atom is 0.189 e. The van der Waals surface area contributed by atoms with Crippen LogP contribution in [0.15, 0.2) is 35.9 Å². The Bertz CT molecular complexity index is 564. The van der Waals surface area contributed by atoms with Gasteiger partial charge in [-0.15, -0.1) is 0 Å². The van der Waals surface area contributed by atoms with Gasteiger partial charge in [-0.05, 0) is 24.0 Å². The molecule has 0 bridgehead atoms. The molecular formula is C12H11N5S. The summed E-state index contributed by atoms with van der Waals surface area (Å²) in [6, 6.07) is 5.90. The van der Waals surface area contributed by atoms with Crippen molar-refractivity contribution < 1.29 is 0 Å². The standard InChI is InChI=1S/C12H11N5S/c1-18-12-16-8-10(6-13)11(17-12)15-7-9-2-4-14-5-3-9/h2-5,8H,7H2,1H3,(H,15,16,17). The molecule has 1 N–H and O–H groups in total. The molecule has 0 aliphatic carbocycles. The van der Waals surface area contributed by atoms with E-state index in [1.54, 1.807) is 12.4 Å². The lowest BCUT2D eigenvalue weighted by atomic mass is 10.2. The van der Waals surface area contributed by atoms with Crippen molar-refractivity contribution in [2.45, 2.75) is 11.7 Å². The monoisotopic (exact) mass is 257 g/mol. The number of anilines is 1. The van der Waals surface area contributed by atoms with Crippen LogP contribution in [0.5, 0.6) is 0 Å². The minimum absolute atomic E-state index is 0.446. The van der Waals surface area contributed by atoms with Gasteiger partial charge in [0.1, 0.15) is 17.5 Å². The van der Waals surface area contributed by atoms with Gasteiger partial charge in [0.05, 0.1) is 6.20 Å². The molecule has 0 amide bonds. The summed E-state index contributed by atoms with van der Waals surface area (Å²) in [4.78, 5) is 12.3. The van der Waals surface area contributed by atoms with Gasteiger partial charge in [-0.2, -0.15) is 5.26 Å². The Morgan fingerprint density at radius 3 is 2.83 bits per heavy atom. The zero-order valence-electron chi connectivity index (χ0n) is 9.79. The second kappa shape index (κ2) is 5.98. The van der Waals surface area contributed by atoms with E-state index in [1.807, 2.05) is 18.4 Å². The minimum Gasteiger partial charge on any atom is -0.365 e. The van der Waals surface area contributed by atoms with Crippen molar-refractivity contribution in [1.29, 1.82) is 5.26 Å². The average Bonchev–Trinajstić information content (AvgIpc) is 2.45. The lowest BCUT2D eigenvalue weighted by Gasteiger charge is -2.07. The van der Waals surface area contributed by atoms with E-state index in [9.17, 15) is 0 Å². The second-order valence-corrected chi connectivity index (χ2v) is 4.21. The van der Waals surface area contributed by atoms with E-state index in [-0.39, 0.29) is 0 Å². The van der Waals surface area contributed by atoms with Crippen LogP contribution in [0.3, 0.4) is 0 Å². The van der Waals surface area contributed by atoms with E-state index in [0.29, 0.717) is 23.1 Å². The molecule has 0 aliphatic heterocycles. The first kappa shape index (κ1) is 12.3. The van der Waals surface area contributed by atoms with Gasteiger partial charge in [0.2, 0.25) is 0 Å². The molecule has 18 heavy (non-hydrogen) atoms. The third-order valence-electron chi connectivity index (χ3n) is 2.28. The summed E-state index contributed by atoms with van der Waals surface area (Å²) in [5, 5.41) is 12.8. The predicted octanol–water partition coefficient (Wildman–Crippen LogP) is 2.08. The zero-order chi connectivity index (χ0) is 12.8. The molecule has 0 unspecified atom stereocenters. The highest BCUT2D eigenvalue weighted by Gasteiger charge is 2.06. The zero-order valence-corrected chi connectivity index (χ0v) is 10.6. The van der Waals surface area contributed by atoms with Crippen molar-refractivity contribution in [3.05, 3.63) is 41.9 Å². The topological polar surface area (TPSA) is 74.5 Å². The Morgan fingerprint density at radius 2 is 2.17 bits per heavy atom. The molecule has 0 aliphatic rings. The molecule has 0 saturated heterocycles. The van der Waals surface area contributed by atoms with Gasteiger partial charge in [-0.25, -0.2) is 9.97 Å². The third-order valence-corrected chi connectivity index (χ3v) is 2.84. The number of hydrogen-bond acceptors (Lipinski definition) is 6. The fraction of sp³-hybridized carbons (Fsp3) is 0.167. The number of pyridine rings is 1. The van der Waals surface area contributed by atoms with Gasteiger partial charge < -0.3 is 5.32 Å². The van der Waals surface area contributed by atoms with Crippen molar-refractivity contribution in [1.82, 2.24) is 15.0 Å². The van der Waals surface area contributed by atoms with E-state index < -0.39 is 0 Å². The molecule has 5 nitrogen and oxygen atoms in total. The average molecular weight is 257 g/mol. The van der Waals surface area contributed by atoms with E-state index in [2.05, 4.69) is 26.3 Å². The highest BCUT2D eigenvalue weighted by molar-refractivity contribution is 7.98. The fourth-order valence-corrected chi connectivity index (χ4v) is 1.71. The number of nitriles is 1. The van der Waals surface area contributed by atoms with Crippen LogP contribution in [0.25, 0.3) is 0 Å². The summed E-state index contributed by atoms with van der Waals surface area (Å²) in [6.45, 7) is 0.599.